The number of allylic oxidation sites excluding steroid dienone is 2. The summed E-state index contributed by atoms with van der Waals surface area (Å²) in [4.78, 5) is 42.6. The van der Waals surface area contributed by atoms with Crippen molar-refractivity contribution in [1.29, 1.82) is 0 Å². The molecule has 2 aromatic rings. The molecule has 0 bridgehead atoms. The molecule has 3 heterocycles. The second kappa shape index (κ2) is 12.6. The number of hydrogen-bond acceptors (Lipinski definition) is 8. The van der Waals surface area contributed by atoms with Crippen LogP contribution in [0.4, 0.5) is 13.2 Å². The molecule has 1 fully saturated rings. The number of furan rings is 1. The fourth-order valence-corrected chi connectivity index (χ4v) is 5.05. The molecule has 0 spiro atoms. The number of nitrogens with one attached hydrogen (secondary N) is 1. The van der Waals surface area contributed by atoms with Crippen molar-refractivity contribution in [3.63, 3.8) is 0 Å². The van der Waals surface area contributed by atoms with Crippen molar-refractivity contribution in [3.05, 3.63) is 82.1 Å². The summed E-state index contributed by atoms with van der Waals surface area (Å²) in [5, 5.41) is 2.99. The lowest BCUT2D eigenvalue weighted by atomic mass is 9.80. The maximum atomic E-state index is 13.6. The Hall–Kier alpha value is -4.06. The maximum Gasteiger partial charge on any atom is 0.416 e. The highest BCUT2D eigenvalue weighted by atomic mass is 19.4. The average Bonchev–Trinajstić information content (AvgIpc) is 3.47. The first kappa shape index (κ1) is 29.9. The molecular formula is C29H32F3N3O6. The number of halogens is 3. The van der Waals surface area contributed by atoms with Crippen LogP contribution in [0.3, 0.4) is 0 Å². The Morgan fingerprint density at radius 2 is 1.63 bits per heavy atom. The number of nitrogens with zero attached hydrogens (tertiary/aromatic N) is 2. The summed E-state index contributed by atoms with van der Waals surface area (Å²) in [6, 6.07) is 7.83. The van der Waals surface area contributed by atoms with Gasteiger partial charge >= 0.3 is 18.1 Å². The van der Waals surface area contributed by atoms with Gasteiger partial charge in [-0.1, -0.05) is 18.2 Å². The molecule has 0 saturated carbocycles. The lowest BCUT2D eigenvalue weighted by Crippen LogP contribution is -2.49. The van der Waals surface area contributed by atoms with Gasteiger partial charge in [-0.25, -0.2) is 9.59 Å². The fraction of sp³-hybridized carbons (Fsp3) is 0.414. The quantitative estimate of drug-likeness (QED) is 0.470. The minimum absolute atomic E-state index is 0.00842. The molecule has 41 heavy (non-hydrogen) atoms. The van der Waals surface area contributed by atoms with E-state index in [0.29, 0.717) is 44.1 Å². The van der Waals surface area contributed by atoms with Gasteiger partial charge < -0.3 is 24.1 Å². The highest BCUT2D eigenvalue weighted by Gasteiger charge is 2.39. The summed E-state index contributed by atoms with van der Waals surface area (Å²) in [6.45, 7) is 7.37. The molecule has 220 valence electrons. The summed E-state index contributed by atoms with van der Waals surface area (Å²) < 4.78 is 56.6. The Morgan fingerprint density at radius 1 is 0.976 bits per heavy atom. The molecule has 12 heteroatoms. The lowest BCUT2D eigenvalue weighted by Gasteiger charge is -2.34. The summed E-state index contributed by atoms with van der Waals surface area (Å²) in [5.41, 5.74) is 0.0413. The molecule has 1 atom stereocenters. The van der Waals surface area contributed by atoms with Gasteiger partial charge in [-0.3, -0.25) is 9.69 Å². The van der Waals surface area contributed by atoms with Crippen molar-refractivity contribution >= 4 is 17.8 Å². The van der Waals surface area contributed by atoms with Gasteiger partial charge in [0.2, 0.25) is 0 Å². The minimum Gasteiger partial charge on any atom is -0.463 e. The third-order valence-corrected chi connectivity index (χ3v) is 7.06. The molecule has 1 amide bonds. The van der Waals surface area contributed by atoms with Gasteiger partial charge in [-0.05, 0) is 44.5 Å². The second-order valence-corrected chi connectivity index (χ2v) is 9.73. The number of alkyl halides is 3. The molecule has 2 aliphatic rings. The predicted octanol–water partition coefficient (Wildman–Crippen LogP) is 4.10. The number of ether oxygens (including phenoxy) is 2. The molecule has 1 saturated heterocycles. The second-order valence-electron chi connectivity index (χ2n) is 9.73. The van der Waals surface area contributed by atoms with E-state index in [1.807, 2.05) is 4.90 Å². The molecule has 9 nitrogen and oxygen atoms in total. The molecule has 0 aliphatic carbocycles. The Labute approximate surface area is 235 Å². The number of rotatable bonds is 8. The first-order valence-corrected chi connectivity index (χ1v) is 13.3. The zero-order valence-corrected chi connectivity index (χ0v) is 23.0. The van der Waals surface area contributed by atoms with Gasteiger partial charge in [0.25, 0.3) is 5.91 Å². The summed E-state index contributed by atoms with van der Waals surface area (Å²) in [5.74, 6) is -2.52. The highest BCUT2D eigenvalue weighted by molar-refractivity contribution is 6.00. The van der Waals surface area contributed by atoms with E-state index < -0.39 is 29.6 Å². The first-order valence-electron chi connectivity index (χ1n) is 13.3. The van der Waals surface area contributed by atoms with Crippen molar-refractivity contribution in [1.82, 2.24) is 15.1 Å². The molecule has 0 radical (unpaired) electrons. The van der Waals surface area contributed by atoms with Gasteiger partial charge in [0, 0.05) is 44.1 Å². The number of benzene rings is 1. The predicted molar refractivity (Wildman–Crippen MR) is 141 cm³/mol. The van der Waals surface area contributed by atoms with Gasteiger partial charge in [0.15, 0.2) is 5.76 Å². The van der Waals surface area contributed by atoms with Crippen LogP contribution < -0.4 is 5.32 Å². The number of piperazine rings is 1. The summed E-state index contributed by atoms with van der Waals surface area (Å²) >= 11 is 0. The summed E-state index contributed by atoms with van der Waals surface area (Å²) in [7, 11) is 0. The third kappa shape index (κ3) is 6.82. The number of carbonyl (C=O) groups is 3. The molecule has 4 rings (SSSR count). The van der Waals surface area contributed by atoms with E-state index in [9.17, 15) is 27.6 Å². The Balaban J connectivity index is 1.47. The molecular weight excluding hydrogens is 543 g/mol. The smallest absolute Gasteiger partial charge is 0.416 e. The monoisotopic (exact) mass is 575 g/mol. The van der Waals surface area contributed by atoms with E-state index in [4.69, 9.17) is 13.9 Å². The van der Waals surface area contributed by atoms with E-state index in [0.717, 1.165) is 12.1 Å². The van der Waals surface area contributed by atoms with E-state index in [2.05, 4.69) is 5.32 Å². The average molecular weight is 576 g/mol. The molecule has 1 aromatic carbocycles. The lowest BCUT2D eigenvalue weighted by molar-refractivity contribution is -0.140. The SMILES string of the molecule is CCOC(=O)C1=C(C)NC(C)=C(C(=O)OCCN2CCN(C(=O)c3ccco3)CC2)C1c1cccc(C(F)(F)F)c1. The largest absolute Gasteiger partial charge is 0.463 e. The van der Waals surface area contributed by atoms with Crippen molar-refractivity contribution in [2.45, 2.75) is 32.9 Å². The van der Waals surface area contributed by atoms with Crippen LogP contribution in [-0.4, -0.2) is 73.6 Å². The minimum atomic E-state index is -4.61. The topological polar surface area (TPSA) is 101 Å². The van der Waals surface area contributed by atoms with Crippen LogP contribution in [0.25, 0.3) is 0 Å². The molecule has 1 N–H and O–H groups in total. The van der Waals surface area contributed by atoms with E-state index in [1.165, 1.54) is 18.4 Å². The van der Waals surface area contributed by atoms with Crippen molar-refractivity contribution in [3.8, 4) is 0 Å². The number of carbonyl (C=O) groups excluding carboxylic acids is 3. The zero-order chi connectivity index (χ0) is 29.7. The third-order valence-electron chi connectivity index (χ3n) is 7.06. The number of amides is 1. The summed E-state index contributed by atoms with van der Waals surface area (Å²) in [6.07, 6.45) is -3.17. The van der Waals surface area contributed by atoms with E-state index >= 15 is 0 Å². The van der Waals surface area contributed by atoms with Crippen LogP contribution in [0.1, 0.15) is 48.4 Å². The van der Waals surface area contributed by atoms with Crippen molar-refractivity contribution < 1.29 is 41.4 Å². The van der Waals surface area contributed by atoms with Crippen LogP contribution in [-0.2, 0) is 25.2 Å². The normalized spacial score (nSPS) is 18.3. The van der Waals surface area contributed by atoms with Crippen LogP contribution in [0.2, 0.25) is 0 Å². The van der Waals surface area contributed by atoms with Crippen molar-refractivity contribution in [2.24, 2.45) is 0 Å². The number of hydrogen-bond donors (Lipinski definition) is 1. The van der Waals surface area contributed by atoms with Gasteiger partial charge in [0.05, 0.1) is 35.5 Å². The van der Waals surface area contributed by atoms with Gasteiger partial charge in [-0.15, -0.1) is 0 Å². The van der Waals surface area contributed by atoms with E-state index in [-0.39, 0.29) is 41.6 Å². The van der Waals surface area contributed by atoms with Gasteiger partial charge in [0.1, 0.15) is 6.61 Å². The number of esters is 2. The Bertz CT molecular complexity index is 1340. The first-order chi connectivity index (χ1) is 19.5. The van der Waals surface area contributed by atoms with Crippen LogP contribution >= 0.6 is 0 Å². The van der Waals surface area contributed by atoms with Crippen molar-refractivity contribution in [2.75, 3.05) is 45.9 Å². The van der Waals surface area contributed by atoms with Crippen LogP contribution in [0.5, 0.6) is 0 Å². The Morgan fingerprint density at radius 3 is 2.22 bits per heavy atom. The highest BCUT2D eigenvalue weighted by Crippen LogP contribution is 2.41. The Kier molecular flexibility index (Phi) is 9.21. The van der Waals surface area contributed by atoms with Crippen LogP contribution in [0.15, 0.2) is 69.6 Å². The van der Waals surface area contributed by atoms with E-state index in [1.54, 1.807) is 37.8 Å². The number of dihydropyridines is 1. The zero-order valence-electron chi connectivity index (χ0n) is 23.0. The standard InChI is InChI=1S/C29H32F3N3O6/c1-4-39-27(37)23-18(2)33-19(3)24(25(23)20-7-5-8-21(17-20)29(30,31)32)28(38)41-16-14-34-10-12-35(13-11-34)26(36)22-9-6-15-40-22/h5-9,15,17,25,33H,4,10-14,16H2,1-3H3. The van der Waals surface area contributed by atoms with Gasteiger partial charge in [-0.2, -0.15) is 13.2 Å². The maximum absolute atomic E-state index is 13.6. The molecule has 1 aromatic heterocycles. The van der Waals surface area contributed by atoms with Crippen LogP contribution in [0, 0.1) is 0 Å². The fourth-order valence-electron chi connectivity index (χ4n) is 5.05. The molecule has 2 aliphatic heterocycles. The molecule has 1 unspecified atom stereocenters.